The number of anilines is 1. The molecule has 0 N–H and O–H groups in total. The van der Waals surface area contributed by atoms with E-state index < -0.39 is 0 Å². The summed E-state index contributed by atoms with van der Waals surface area (Å²) in [5.74, 6) is 0.584. The Morgan fingerprint density at radius 1 is 1.04 bits per heavy atom. The fourth-order valence-electron chi connectivity index (χ4n) is 3.31. The molecular weight excluding hydrogens is 407 g/mol. The molecular formula is C22H18BrFN2O. The summed E-state index contributed by atoms with van der Waals surface area (Å²) < 4.78 is 20.7. The largest absolute Gasteiger partial charge is 0.497 e. The molecule has 1 aliphatic rings. The second-order valence-electron chi connectivity index (χ2n) is 6.34. The molecule has 3 aromatic carbocycles. The predicted octanol–water partition coefficient (Wildman–Crippen LogP) is 5.95. The van der Waals surface area contributed by atoms with E-state index in [0.29, 0.717) is 12.0 Å². The Morgan fingerprint density at radius 2 is 1.81 bits per heavy atom. The lowest BCUT2D eigenvalue weighted by Gasteiger charge is -2.24. The number of rotatable bonds is 4. The van der Waals surface area contributed by atoms with Crippen molar-refractivity contribution in [1.82, 2.24) is 0 Å². The fraction of sp³-hybridized carbons (Fsp3) is 0.136. The molecule has 1 unspecified atom stereocenters. The summed E-state index contributed by atoms with van der Waals surface area (Å²) in [6.45, 7) is 0. The van der Waals surface area contributed by atoms with Gasteiger partial charge in [0.2, 0.25) is 0 Å². The van der Waals surface area contributed by atoms with E-state index in [-0.39, 0.29) is 11.9 Å². The Kier molecular flexibility index (Phi) is 4.94. The number of methoxy groups -OCH3 is 1. The normalized spacial score (nSPS) is 16.3. The summed E-state index contributed by atoms with van der Waals surface area (Å²) in [5, 5.41) is 6.75. The summed E-state index contributed by atoms with van der Waals surface area (Å²) in [4.78, 5) is 0. The summed E-state index contributed by atoms with van der Waals surface area (Å²) in [6, 6.07) is 22.4. The first kappa shape index (κ1) is 17.7. The maximum atomic E-state index is 14.5. The smallest absolute Gasteiger partial charge is 0.128 e. The van der Waals surface area contributed by atoms with E-state index in [4.69, 9.17) is 9.84 Å². The van der Waals surface area contributed by atoms with Crippen molar-refractivity contribution in [2.45, 2.75) is 12.5 Å². The van der Waals surface area contributed by atoms with Gasteiger partial charge < -0.3 is 4.74 Å². The van der Waals surface area contributed by atoms with Crippen LogP contribution >= 0.6 is 15.9 Å². The molecule has 0 bridgehead atoms. The van der Waals surface area contributed by atoms with Crippen LogP contribution in [0.3, 0.4) is 0 Å². The van der Waals surface area contributed by atoms with Crippen molar-refractivity contribution in [3.05, 3.63) is 94.2 Å². The lowest BCUT2D eigenvalue weighted by atomic mass is 9.97. The Labute approximate surface area is 166 Å². The van der Waals surface area contributed by atoms with Crippen LogP contribution in [0.1, 0.15) is 23.6 Å². The van der Waals surface area contributed by atoms with Crippen LogP contribution in [0.5, 0.6) is 5.75 Å². The van der Waals surface area contributed by atoms with Gasteiger partial charge in [-0.05, 0) is 54.1 Å². The van der Waals surface area contributed by atoms with Crippen LogP contribution in [0, 0.1) is 5.82 Å². The molecule has 3 nitrogen and oxygen atoms in total. The van der Waals surface area contributed by atoms with Gasteiger partial charge in [0.25, 0.3) is 0 Å². The van der Waals surface area contributed by atoms with Gasteiger partial charge in [0.1, 0.15) is 11.6 Å². The third-order valence-electron chi connectivity index (χ3n) is 4.67. The first-order valence-electron chi connectivity index (χ1n) is 8.67. The first-order chi connectivity index (χ1) is 13.2. The van der Waals surface area contributed by atoms with Crippen LogP contribution in [0.15, 0.2) is 82.4 Å². The van der Waals surface area contributed by atoms with Gasteiger partial charge in [-0.15, -0.1) is 0 Å². The molecule has 1 heterocycles. The zero-order valence-electron chi connectivity index (χ0n) is 14.8. The van der Waals surface area contributed by atoms with Gasteiger partial charge in [-0.25, -0.2) is 4.39 Å². The van der Waals surface area contributed by atoms with E-state index in [1.165, 1.54) is 6.07 Å². The molecule has 0 amide bonds. The van der Waals surface area contributed by atoms with E-state index in [2.05, 4.69) is 15.9 Å². The summed E-state index contributed by atoms with van der Waals surface area (Å²) in [6.07, 6.45) is 0.625. The molecule has 1 atom stereocenters. The second kappa shape index (κ2) is 7.53. The van der Waals surface area contributed by atoms with E-state index in [1.54, 1.807) is 13.2 Å². The van der Waals surface area contributed by atoms with Gasteiger partial charge in [-0.3, -0.25) is 5.01 Å². The third-order valence-corrected chi connectivity index (χ3v) is 5.16. The highest BCUT2D eigenvalue weighted by Gasteiger charge is 2.31. The number of hydrogen-bond acceptors (Lipinski definition) is 3. The zero-order valence-corrected chi connectivity index (χ0v) is 16.4. The molecule has 136 valence electrons. The van der Waals surface area contributed by atoms with Gasteiger partial charge >= 0.3 is 0 Å². The second-order valence-corrected chi connectivity index (χ2v) is 7.26. The number of benzene rings is 3. The average Bonchev–Trinajstić information content (AvgIpc) is 3.13. The molecule has 0 radical (unpaired) electrons. The highest BCUT2D eigenvalue weighted by molar-refractivity contribution is 9.10. The van der Waals surface area contributed by atoms with E-state index in [0.717, 1.165) is 27.2 Å². The molecule has 0 saturated carbocycles. The van der Waals surface area contributed by atoms with Crippen LogP contribution in [0.25, 0.3) is 0 Å². The summed E-state index contributed by atoms with van der Waals surface area (Å²) in [7, 11) is 1.64. The number of ether oxygens (including phenoxy) is 1. The van der Waals surface area contributed by atoms with Crippen LogP contribution in [-0.4, -0.2) is 12.8 Å². The highest BCUT2D eigenvalue weighted by atomic mass is 79.9. The molecule has 0 aliphatic carbocycles. The maximum absolute atomic E-state index is 14.5. The first-order valence-corrected chi connectivity index (χ1v) is 9.46. The van der Waals surface area contributed by atoms with Gasteiger partial charge in [0, 0.05) is 16.5 Å². The molecule has 4 rings (SSSR count). The van der Waals surface area contributed by atoms with Crippen molar-refractivity contribution in [3.63, 3.8) is 0 Å². The molecule has 0 fully saturated rings. The Hall–Kier alpha value is -2.66. The minimum absolute atomic E-state index is 0.197. The molecule has 3 aromatic rings. The van der Waals surface area contributed by atoms with E-state index in [9.17, 15) is 4.39 Å². The Balaban J connectivity index is 1.76. The molecule has 0 saturated heterocycles. The van der Waals surface area contributed by atoms with Gasteiger partial charge in [0.05, 0.1) is 24.6 Å². The highest BCUT2D eigenvalue weighted by Crippen LogP contribution is 2.38. The van der Waals surface area contributed by atoms with Gasteiger partial charge in [0.15, 0.2) is 0 Å². The maximum Gasteiger partial charge on any atom is 0.128 e. The SMILES string of the molecule is COc1ccc(C2=NN(c3cccc(Br)c3)C(c3ccccc3F)C2)cc1. The molecule has 1 aliphatic heterocycles. The van der Waals surface area contributed by atoms with Gasteiger partial charge in [-0.2, -0.15) is 5.10 Å². The average molecular weight is 425 g/mol. The van der Waals surface area contributed by atoms with Crippen molar-refractivity contribution < 1.29 is 9.13 Å². The number of hydrazone groups is 1. The number of nitrogens with zero attached hydrogens (tertiary/aromatic N) is 2. The molecule has 5 heteroatoms. The van der Waals surface area contributed by atoms with Crippen molar-refractivity contribution in [1.29, 1.82) is 0 Å². The zero-order chi connectivity index (χ0) is 18.8. The predicted molar refractivity (Wildman–Crippen MR) is 110 cm³/mol. The van der Waals surface area contributed by atoms with Crippen LogP contribution in [-0.2, 0) is 0 Å². The Bertz CT molecular complexity index is 988. The lowest BCUT2D eigenvalue weighted by Crippen LogP contribution is -2.19. The van der Waals surface area contributed by atoms with Crippen LogP contribution in [0.4, 0.5) is 10.1 Å². The third kappa shape index (κ3) is 3.60. The number of hydrogen-bond donors (Lipinski definition) is 0. The summed E-state index contributed by atoms with van der Waals surface area (Å²) in [5.41, 5.74) is 3.49. The lowest BCUT2D eigenvalue weighted by molar-refractivity contribution is 0.415. The number of halogens is 2. The van der Waals surface area contributed by atoms with E-state index in [1.807, 2.05) is 65.7 Å². The van der Waals surface area contributed by atoms with Crippen molar-refractivity contribution >= 4 is 27.3 Å². The molecule has 0 spiro atoms. The van der Waals surface area contributed by atoms with E-state index >= 15 is 0 Å². The fourth-order valence-corrected chi connectivity index (χ4v) is 3.70. The van der Waals surface area contributed by atoms with Crippen molar-refractivity contribution in [2.24, 2.45) is 5.10 Å². The minimum atomic E-state index is -0.214. The standard InChI is InChI=1S/C22H18BrFN2O/c1-27-18-11-9-15(10-12-18)21-14-22(19-7-2-3-8-20(19)24)26(25-21)17-6-4-5-16(23)13-17/h2-13,22H,14H2,1H3. The van der Waals surface area contributed by atoms with Crippen LogP contribution in [0.2, 0.25) is 0 Å². The van der Waals surface area contributed by atoms with Crippen molar-refractivity contribution in [2.75, 3.05) is 12.1 Å². The monoisotopic (exact) mass is 424 g/mol. The quantitative estimate of drug-likeness (QED) is 0.516. The molecule has 0 aromatic heterocycles. The van der Waals surface area contributed by atoms with Crippen molar-refractivity contribution in [3.8, 4) is 5.75 Å². The minimum Gasteiger partial charge on any atom is -0.497 e. The van der Waals surface area contributed by atoms with Crippen LogP contribution < -0.4 is 9.75 Å². The van der Waals surface area contributed by atoms with Gasteiger partial charge in [-0.1, -0.05) is 40.2 Å². The Morgan fingerprint density at radius 3 is 2.52 bits per heavy atom. The summed E-state index contributed by atoms with van der Waals surface area (Å²) >= 11 is 3.51. The topological polar surface area (TPSA) is 24.8 Å². The molecule has 27 heavy (non-hydrogen) atoms.